The molecule has 0 saturated carbocycles. The second-order valence-electron chi connectivity index (χ2n) is 8.53. The van der Waals surface area contributed by atoms with Crippen LogP contribution in [-0.2, 0) is 0 Å². The van der Waals surface area contributed by atoms with Gasteiger partial charge in [-0.3, -0.25) is 24.6 Å². The number of aromatic nitrogens is 2. The molecule has 9 nitrogen and oxygen atoms in total. The lowest BCUT2D eigenvalue weighted by atomic mass is 9.97. The highest BCUT2D eigenvalue weighted by atomic mass is 32.2. The number of hydrogen-bond donors (Lipinski definition) is 1. The SMILES string of the molecule is C=CCSc1ncccc1C(=O)N1CCC(c2nc(C(=O)NN3C(=O)c4ccccc4C3=O)cs2)CC1. The van der Waals surface area contributed by atoms with Crippen LogP contribution in [0, 0.1) is 0 Å². The van der Waals surface area contributed by atoms with Gasteiger partial charge in [0.15, 0.2) is 0 Å². The molecule has 11 heteroatoms. The smallest absolute Gasteiger partial charge is 0.289 e. The lowest BCUT2D eigenvalue weighted by Gasteiger charge is -2.31. The fraction of sp³-hybridized carbons (Fsp3) is 0.231. The molecular weight excluding hydrogens is 510 g/mol. The van der Waals surface area contributed by atoms with E-state index in [0.29, 0.717) is 42.3 Å². The van der Waals surface area contributed by atoms with Gasteiger partial charge in [0.1, 0.15) is 10.7 Å². The molecule has 4 amide bonds. The zero-order valence-corrected chi connectivity index (χ0v) is 21.4. The number of thioether (sulfide) groups is 1. The molecule has 1 saturated heterocycles. The maximum absolute atomic E-state index is 13.1. The first kappa shape index (κ1) is 24.8. The predicted octanol–water partition coefficient (Wildman–Crippen LogP) is 3.78. The first-order valence-electron chi connectivity index (χ1n) is 11.7. The fourth-order valence-corrected chi connectivity index (χ4v) is 6.03. The monoisotopic (exact) mass is 533 g/mol. The Morgan fingerprint density at radius 3 is 2.49 bits per heavy atom. The van der Waals surface area contributed by atoms with Gasteiger partial charge in [0, 0.05) is 36.3 Å². The normalized spacial score (nSPS) is 15.6. The van der Waals surface area contributed by atoms with Crippen molar-refractivity contribution in [2.24, 2.45) is 0 Å². The van der Waals surface area contributed by atoms with Gasteiger partial charge in [-0.1, -0.05) is 18.2 Å². The summed E-state index contributed by atoms with van der Waals surface area (Å²) in [4.78, 5) is 61.6. The van der Waals surface area contributed by atoms with Crippen LogP contribution < -0.4 is 5.43 Å². The molecule has 2 aliphatic heterocycles. The van der Waals surface area contributed by atoms with Gasteiger partial charge in [0.25, 0.3) is 23.6 Å². The Bertz CT molecular complexity index is 1360. The summed E-state index contributed by atoms with van der Waals surface area (Å²) >= 11 is 2.84. The molecule has 188 valence electrons. The molecule has 5 rings (SSSR count). The second-order valence-corrected chi connectivity index (χ2v) is 10.4. The number of thiazole rings is 1. The van der Waals surface area contributed by atoms with Crippen molar-refractivity contribution in [3.63, 3.8) is 0 Å². The van der Waals surface area contributed by atoms with E-state index in [4.69, 9.17) is 0 Å². The molecule has 4 heterocycles. The molecule has 2 aliphatic rings. The molecule has 0 aliphatic carbocycles. The molecule has 2 aromatic heterocycles. The maximum Gasteiger partial charge on any atom is 0.289 e. The van der Waals surface area contributed by atoms with E-state index in [0.717, 1.165) is 10.0 Å². The highest BCUT2D eigenvalue weighted by Crippen LogP contribution is 2.32. The van der Waals surface area contributed by atoms with Crippen LogP contribution in [0.25, 0.3) is 0 Å². The van der Waals surface area contributed by atoms with Crippen molar-refractivity contribution >= 4 is 46.7 Å². The number of rotatable bonds is 7. The molecule has 37 heavy (non-hydrogen) atoms. The Hall–Kier alpha value is -3.83. The minimum absolute atomic E-state index is 0.0433. The summed E-state index contributed by atoms with van der Waals surface area (Å²) < 4.78 is 0. The van der Waals surface area contributed by atoms with Crippen molar-refractivity contribution < 1.29 is 19.2 Å². The number of hydrazine groups is 1. The summed E-state index contributed by atoms with van der Waals surface area (Å²) in [6.45, 7) is 4.86. The number of hydrogen-bond acceptors (Lipinski definition) is 8. The summed E-state index contributed by atoms with van der Waals surface area (Å²) in [6, 6.07) is 10.00. The molecule has 1 fully saturated rings. The third kappa shape index (κ3) is 4.92. The number of piperidine rings is 1. The van der Waals surface area contributed by atoms with Crippen LogP contribution in [0.1, 0.15) is 65.3 Å². The average Bonchev–Trinajstić information content (AvgIpc) is 3.52. The third-order valence-electron chi connectivity index (χ3n) is 6.23. The molecule has 1 N–H and O–H groups in total. The number of benzene rings is 1. The highest BCUT2D eigenvalue weighted by Gasteiger charge is 2.37. The lowest BCUT2D eigenvalue weighted by molar-refractivity contribution is 0.0516. The number of fused-ring (bicyclic) bond motifs is 1. The minimum atomic E-state index is -0.620. The van der Waals surface area contributed by atoms with Crippen LogP contribution >= 0.6 is 23.1 Å². The second kappa shape index (κ2) is 10.7. The van der Waals surface area contributed by atoms with Gasteiger partial charge < -0.3 is 4.90 Å². The zero-order valence-electron chi connectivity index (χ0n) is 19.8. The standard InChI is InChI=1S/C26H23N5O4S2/c1-2-14-36-23-19(8-5-11-27-23)24(33)30-12-9-16(10-13-30)22-28-20(15-37-22)21(32)29-31-25(34)17-6-3-4-7-18(17)26(31)35/h2-8,11,15-16H,1,9-10,12-14H2,(H,29,32). The topological polar surface area (TPSA) is 113 Å². The van der Waals surface area contributed by atoms with E-state index < -0.39 is 17.7 Å². The molecule has 0 radical (unpaired) electrons. The van der Waals surface area contributed by atoms with E-state index in [1.165, 1.54) is 23.1 Å². The first-order chi connectivity index (χ1) is 18.0. The van der Waals surface area contributed by atoms with Crippen molar-refractivity contribution in [1.82, 2.24) is 25.3 Å². The van der Waals surface area contributed by atoms with Gasteiger partial charge in [-0.25, -0.2) is 9.97 Å². The molecular formula is C26H23N5O4S2. The van der Waals surface area contributed by atoms with E-state index in [1.54, 1.807) is 54.1 Å². The quantitative estimate of drug-likeness (QED) is 0.279. The third-order valence-corrected chi connectivity index (χ3v) is 8.24. The Kier molecular flexibility index (Phi) is 7.15. The van der Waals surface area contributed by atoms with Gasteiger partial charge in [-0.05, 0) is 37.1 Å². The van der Waals surface area contributed by atoms with E-state index in [2.05, 4.69) is 22.0 Å². The molecule has 0 spiro atoms. The number of pyridine rings is 1. The van der Waals surface area contributed by atoms with E-state index >= 15 is 0 Å². The maximum atomic E-state index is 13.1. The van der Waals surface area contributed by atoms with Crippen molar-refractivity contribution in [3.05, 3.63) is 88.0 Å². The van der Waals surface area contributed by atoms with Crippen LogP contribution in [0.4, 0.5) is 0 Å². The van der Waals surface area contributed by atoms with E-state index in [-0.39, 0.29) is 28.6 Å². The van der Waals surface area contributed by atoms with Gasteiger partial charge in [0.05, 0.1) is 21.7 Å². The fourth-order valence-electron chi connectivity index (χ4n) is 4.34. The van der Waals surface area contributed by atoms with Gasteiger partial charge in [0.2, 0.25) is 0 Å². The van der Waals surface area contributed by atoms with Gasteiger partial charge in [-0.2, -0.15) is 5.01 Å². The number of imide groups is 1. The number of carbonyl (C=O) groups excluding carboxylic acids is 4. The van der Waals surface area contributed by atoms with E-state index in [1.807, 2.05) is 4.90 Å². The predicted molar refractivity (Wildman–Crippen MR) is 140 cm³/mol. The Morgan fingerprint density at radius 2 is 1.81 bits per heavy atom. The molecule has 3 aromatic rings. The zero-order chi connectivity index (χ0) is 25.9. The number of amides is 4. The van der Waals surface area contributed by atoms with Crippen LogP contribution in [0.3, 0.4) is 0 Å². The molecule has 0 unspecified atom stereocenters. The van der Waals surface area contributed by atoms with Crippen molar-refractivity contribution in [2.75, 3.05) is 18.8 Å². The largest absolute Gasteiger partial charge is 0.339 e. The minimum Gasteiger partial charge on any atom is -0.339 e. The Balaban J connectivity index is 1.20. The lowest BCUT2D eigenvalue weighted by Crippen LogP contribution is -2.46. The Labute approximate surface area is 221 Å². The van der Waals surface area contributed by atoms with Crippen molar-refractivity contribution in [2.45, 2.75) is 23.8 Å². The van der Waals surface area contributed by atoms with Gasteiger partial charge >= 0.3 is 0 Å². The number of nitrogens with one attached hydrogen (secondary N) is 1. The number of likely N-dealkylation sites (tertiary alicyclic amines) is 1. The van der Waals surface area contributed by atoms with Crippen molar-refractivity contribution in [1.29, 1.82) is 0 Å². The van der Waals surface area contributed by atoms with Crippen molar-refractivity contribution in [3.8, 4) is 0 Å². The molecule has 0 bridgehead atoms. The summed E-state index contributed by atoms with van der Waals surface area (Å²) in [5, 5.41) is 3.85. The Morgan fingerprint density at radius 1 is 1.11 bits per heavy atom. The van der Waals surface area contributed by atoms with Crippen LogP contribution in [-0.4, -0.2) is 62.3 Å². The molecule has 0 atom stereocenters. The molecule has 1 aromatic carbocycles. The summed E-state index contributed by atoms with van der Waals surface area (Å²) in [6.07, 6.45) is 4.89. The summed E-state index contributed by atoms with van der Waals surface area (Å²) in [5.74, 6) is -1.02. The first-order valence-corrected chi connectivity index (χ1v) is 13.6. The van der Waals surface area contributed by atoms with Gasteiger partial charge in [-0.15, -0.1) is 29.7 Å². The summed E-state index contributed by atoms with van der Waals surface area (Å²) in [7, 11) is 0. The number of nitrogens with zero attached hydrogens (tertiary/aromatic N) is 4. The van der Waals surface area contributed by atoms with Crippen LogP contribution in [0.2, 0.25) is 0 Å². The highest BCUT2D eigenvalue weighted by molar-refractivity contribution is 7.99. The average molecular weight is 534 g/mol. The number of carbonyl (C=O) groups is 4. The van der Waals surface area contributed by atoms with E-state index in [9.17, 15) is 19.2 Å². The van der Waals surface area contributed by atoms with Crippen LogP contribution in [0.5, 0.6) is 0 Å². The summed E-state index contributed by atoms with van der Waals surface area (Å²) in [5.41, 5.74) is 3.64. The van der Waals surface area contributed by atoms with Crippen LogP contribution in [0.15, 0.2) is 65.7 Å².